The van der Waals surface area contributed by atoms with Crippen molar-refractivity contribution in [3.05, 3.63) is 59.4 Å². The molecular formula is C19H24N2O2. The summed E-state index contributed by atoms with van der Waals surface area (Å²) in [5.41, 5.74) is 2.59. The van der Waals surface area contributed by atoms with E-state index in [1.165, 1.54) is 5.56 Å². The molecule has 0 amide bonds. The molecule has 122 valence electrons. The minimum Gasteiger partial charge on any atom is -0.490 e. The zero-order chi connectivity index (χ0) is 16.3. The summed E-state index contributed by atoms with van der Waals surface area (Å²) >= 11 is 0. The zero-order valence-corrected chi connectivity index (χ0v) is 13.8. The molecule has 1 aliphatic heterocycles. The van der Waals surface area contributed by atoms with E-state index < -0.39 is 5.60 Å². The van der Waals surface area contributed by atoms with Crippen LogP contribution in [0.5, 0.6) is 5.75 Å². The van der Waals surface area contributed by atoms with Crippen molar-refractivity contribution in [2.45, 2.75) is 32.4 Å². The summed E-state index contributed by atoms with van der Waals surface area (Å²) in [6.07, 6.45) is 2.55. The van der Waals surface area contributed by atoms with Crippen LogP contribution < -0.4 is 4.74 Å². The first kappa shape index (κ1) is 16.0. The van der Waals surface area contributed by atoms with Gasteiger partial charge in [0.2, 0.25) is 0 Å². The smallest absolute Gasteiger partial charge is 0.122 e. The lowest BCUT2D eigenvalue weighted by molar-refractivity contribution is 0.00318. The summed E-state index contributed by atoms with van der Waals surface area (Å²) in [6, 6.07) is 12.0. The molecule has 0 saturated carbocycles. The second-order valence-electron chi connectivity index (χ2n) is 6.49. The quantitative estimate of drug-likeness (QED) is 0.922. The molecule has 23 heavy (non-hydrogen) atoms. The van der Waals surface area contributed by atoms with Crippen LogP contribution in [0.1, 0.15) is 23.2 Å². The van der Waals surface area contributed by atoms with Gasteiger partial charge in [0.15, 0.2) is 0 Å². The maximum atomic E-state index is 10.8. The number of aryl methyl sites for hydroxylation is 2. The Morgan fingerprint density at radius 1 is 1.22 bits per heavy atom. The largest absolute Gasteiger partial charge is 0.490 e. The minimum atomic E-state index is -0.779. The highest BCUT2D eigenvalue weighted by Gasteiger charge is 2.37. The lowest BCUT2D eigenvalue weighted by atomic mass is 10.1. The Labute approximate surface area is 137 Å². The van der Waals surface area contributed by atoms with Crippen molar-refractivity contribution in [2.24, 2.45) is 0 Å². The van der Waals surface area contributed by atoms with Crippen LogP contribution in [-0.4, -0.2) is 40.3 Å². The summed E-state index contributed by atoms with van der Waals surface area (Å²) in [5, 5.41) is 10.8. The molecule has 1 atom stereocenters. The fourth-order valence-electron chi connectivity index (χ4n) is 3.05. The van der Waals surface area contributed by atoms with Crippen LogP contribution in [0.3, 0.4) is 0 Å². The van der Waals surface area contributed by atoms with E-state index in [0.717, 1.165) is 36.5 Å². The number of aromatic nitrogens is 1. The minimum absolute atomic E-state index is 0.334. The molecule has 0 aliphatic carbocycles. The summed E-state index contributed by atoms with van der Waals surface area (Å²) in [4.78, 5) is 6.60. The summed E-state index contributed by atoms with van der Waals surface area (Å²) < 4.78 is 5.86. The Morgan fingerprint density at radius 3 is 2.83 bits per heavy atom. The van der Waals surface area contributed by atoms with Gasteiger partial charge >= 0.3 is 0 Å². The van der Waals surface area contributed by atoms with Gasteiger partial charge in [0.1, 0.15) is 18.0 Å². The second-order valence-corrected chi connectivity index (χ2v) is 6.49. The highest BCUT2D eigenvalue weighted by Crippen LogP contribution is 2.25. The number of ether oxygens (including phenoxy) is 1. The van der Waals surface area contributed by atoms with Gasteiger partial charge in [-0.3, -0.25) is 9.88 Å². The highest BCUT2D eigenvalue weighted by atomic mass is 16.5. The third-order valence-corrected chi connectivity index (χ3v) is 4.51. The van der Waals surface area contributed by atoms with Gasteiger partial charge in [0.05, 0.1) is 0 Å². The number of hydrogen-bond acceptors (Lipinski definition) is 4. The van der Waals surface area contributed by atoms with Crippen molar-refractivity contribution in [3.8, 4) is 5.75 Å². The third kappa shape index (κ3) is 3.89. The van der Waals surface area contributed by atoms with Gasteiger partial charge in [-0.1, -0.05) is 24.3 Å². The van der Waals surface area contributed by atoms with Crippen LogP contribution in [0.2, 0.25) is 0 Å². The Bertz CT molecular complexity index is 674. The molecule has 0 bridgehead atoms. The topological polar surface area (TPSA) is 45.6 Å². The van der Waals surface area contributed by atoms with E-state index >= 15 is 0 Å². The first-order valence-electron chi connectivity index (χ1n) is 8.09. The second kappa shape index (κ2) is 6.69. The Kier molecular flexibility index (Phi) is 4.64. The maximum absolute atomic E-state index is 10.8. The van der Waals surface area contributed by atoms with Gasteiger partial charge in [0, 0.05) is 31.5 Å². The normalized spacial score (nSPS) is 21.5. The molecule has 2 aromatic rings. The number of benzene rings is 1. The molecule has 4 heteroatoms. The number of aliphatic hydroxyl groups is 1. The molecule has 0 radical (unpaired) electrons. The number of nitrogens with zero attached hydrogens (tertiary/aromatic N) is 2. The third-order valence-electron chi connectivity index (χ3n) is 4.51. The molecule has 1 aromatic carbocycles. The fourth-order valence-corrected chi connectivity index (χ4v) is 3.05. The average Bonchev–Trinajstić information content (AvgIpc) is 2.90. The van der Waals surface area contributed by atoms with Crippen LogP contribution in [0.15, 0.2) is 42.6 Å². The number of pyridine rings is 1. The van der Waals surface area contributed by atoms with Gasteiger partial charge < -0.3 is 9.84 Å². The number of likely N-dealkylation sites (tertiary alicyclic amines) is 1. The Morgan fingerprint density at radius 2 is 2.04 bits per heavy atom. The van der Waals surface area contributed by atoms with Crippen LogP contribution >= 0.6 is 0 Å². The van der Waals surface area contributed by atoms with E-state index in [4.69, 9.17) is 4.74 Å². The van der Waals surface area contributed by atoms with E-state index in [9.17, 15) is 5.11 Å². The van der Waals surface area contributed by atoms with E-state index in [2.05, 4.69) is 16.0 Å². The summed E-state index contributed by atoms with van der Waals surface area (Å²) in [5.74, 6) is 0.850. The SMILES string of the molecule is Cc1ccccc1OC[C@]1(O)CCN(Cc2cccnc2C)C1. The van der Waals surface area contributed by atoms with E-state index in [1.54, 1.807) is 0 Å². The van der Waals surface area contributed by atoms with Gasteiger partial charge in [0.25, 0.3) is 0 Å². The van der Waals surface area contributed by atoms with E-state index in [1.807, 2.05) is 50.4 Å². The lowest BCUT2D eigenvalue weighted by Gasteiger charge is -2.24. The number of β-amino-alcohol motifs (C(OH)–C–C–N with tert-alkyl or cyclic N) is 1. The van der Waals surface area contributed by atoms with Crippen LogP contribution in [0, 0.1) is 13.8 Å². The predicted octanol–water partition coefficient (Wildman–Crippen LogP) is 2.71. The van der Waals surface area contributed by atoms with Crippen molar-refractivity contribution < 1.29 is 9.84 Å². The van der Waals surface area contributed by atoms with Gasteiger partial charge in [-0.05, 0) is 43.5 Å². The van der Waals surface area contributed by atoms with Crippen LogP contribution in [0.25, 0.3) is 0 Å². The zero-order valence-electron chi connectivity index (χ0n) is 13.8. The van der Waals surface area contributed by atoms with Crippen molar-refractivity contribution >= 4 is 0 Å². The Balaban J connectivity index is 1.58. The number of hydrogen-bond donors (Lipinski definition) is 1. The monoisotopic (exact) mass is 312 g/mol. The van der Waals surface area contributed by atoms with Gasteiger partial charge in [-0.25, -0.2) is 0 Å². The van der Waals surface area contributed by atoms with Crippen LogP contribution in [-0.2, 0) is 6.54 Å². The first-order valence-corrected chi connectivity index (χ1v) is 8.09. The van der Waals surface area contributed by atoms with Crippen molar-refractivity contribution in [1.82, 2.24) is 9.88 Å². The van der Waals surface area contributed by atoms with E-state index in [0.29, 0.717) is 13.2 Å². The fraction of sp³-hybridized carbons (Fsp3) is 0.421. The van der Waals surface area contributed by atoms with Crippen molar-refractivity contribution in [2.75, 3.05) is 19.7 Å². The standard InChI is InChI=1S/C19H24N2O2/c1-15-6-3-4-8-18(15)23-14-19(22)9-11-21(13-19)12-17-7-5-10-20-16(17)2/h3-8,10,22H,9,11-14H2,1-2H3/t19-/m0/s1. The number of rotatable bonds is 5. The molecule has 1 saturated heterocycles. The Hall–Kier alpha value is -1.91. The molecule has 1 N–H and O–H groups in total. The molecule has 1 aliphatic rings. The molecule has 1 fully saturated rings. The lowest BCUT2D eigenvalue weighted by Crippen LogP contribution is -2.39. The molecular weight excluding hydrogens is 288 g/mol. The molecule has 0 unspecified atom stereocenters. The van der Waals surface area contributed by atoms with E-state index in [-0.39, 0.29) is 0 Å². The van der Waals surface area contributed by atoms with Crippen molar-refractivity contribution in [3.63, 3.8) is 0 Å². The predicted molar refractivity (Wildman–Crippen MR) is 90.5 cm³/mol. The highest BCUT2D eigenvalue weighted by molar-refractivity contribution is 5.31. The average molecular weight is 312 g/mol. The van der Waals surface area contributed by atoms with Crippen LogP contribution in [0.4, 0.5) is 0 Å². The summed E-state index contributed by atoms with van der Waals surface area (Å²) in [6.45, 7) is 6.71. The van der Waals surface area contributed by atoms with Crippen molar-refractivity contribution in [1.29, 1.82) is 0 Å². The van der Waals surface area contributed by atoms with Gasteiger partial charge in [-0.15, -0.1) is 0 Å². The molecule has 2 heterocycles. The number of para-hydroxylation sites is 1. The molecule has 0 spiro atoms. The molecule has 4 nitrogen and oxygen atoms in total. The molecule has 3 rings (SSSR count). The first-order chi connectivity index (χ1) is 11.1. The molecule has 1 aromatic heterocycles. The summed E-state index contributed by atoms with van der Waals surface area (Å²) in [7, 11) is 0. The van der Waals surface area contributed by atoms with Gasteiger partial charge in [-0.2, -0.15) is 0 Å². The maximum Gasteiger partial charge on any atom is 0.122 e.